The standard InChI is InChI=1S/C24H24N8.Cl2O/c1-30-14-20(13-28-30)18-9-21(23-19(10-25)12-29-32(23)15-18)17-3-4-22(26-11-17)31-8-6-24(16-31)5-2-7-27-24;1-3-2/h3-4,9,11-15,27H,2,5-8,16H2,1H3;. The van der Waals surface area contributed by atoms with Gasteiger partial charge in [0.2, 0.25) is 0 Å². The Morgan fingerprint density at radius 2 is 1.94 bits per heavy atom. The smallest absolute Gasteiger partial charge is 0.128 e. The lowest BCUT2D eigenvalue weighted by Crippen LogP contribution is -2.42. The van der Waals surface area contributed by atoms with Crippen molar-refractivity contribution in [3.63, 3.8) is 0 Å². The third-order valence-corrected chi connectivity index (χ3v) is 6.84. The van der Waals surface area contributed by atoms with E-state index < -0.39 is 0 Å². The molecule has 0 saturated carbocycles. The first-order chi connectivity index (χ1) is 17.1. The summed E-state index contributed by atoms with van der Waals surface area (Å²) in [6.07, 6.45) is 13.0. The van der Waals surface area contributed by atoms with Gasteiger partial charge < -0.3 is 10.2 Å². The Balaban J connectivity index is 0.000000806. The Hall–Kier alpha value is -3.16. The average Bonchev–Trinajstić information content (AvgIpc) is 3.67. The van der Waals surface area contributed by atoms with Crippen LogP contribution in [0.2, 0.25) is 0 Å². The fourth-order valence-electron chi connectivity index (χ4n) is 5.17. The first kappa shape index (κ1) is 23.6. The molecule has 0 aliphatic carbocycles. The van der Waals surface area contributed by atoms with Crippen LogP contribution in [0.3, 0.4) is 0 Å². The molecule has 0 aromatic carbocycles. The van der Waals surface area contributed by atoms with Crippen LogP contribution in [0.5, 0.6) is 0 Å². The van der Waals surface area contributed by atoms with E-state index in [1.165, 1.54) is 19.3 Å². The molecule has 1 atom stereocenters. The molecule has 6 rings (SSSR count). The fourth-order valence-corrected chi connectivity index (χ4v) is 5.17. The van der Waals surface area contributed by atoms with E-state index in [1.54, 1.807) is 15.4 Å². The molecule has 1 N–H and O–H groups in total. The number of nitriles is 1. The van der Waals surface area contributed by atoms with Crippen LogP contribution >= 0.6 is 23.7 Å². The summed E-state index contributed by atoms with van der Waals surface area (Å²) < 4.78 is 6.75. The highest BCUT2D eigenvalue weighted by Gasteiger charge is 2.40. The number of hydrogen-bond acceptors (Lipinski definition) is 7. The van der Waals surface area contributed by atoms with Crippen LogP contribution in [0, 0.1) is 11.3 Å². The summed E-state index contributed by atoms with van der Waals surface area (Å²) in [5.74, 6) is 1.01. The molecule has 1 spiro atoms. The first-order valence-electron chi connectivity index (χ1n) is 11.3. The Kier molecular flexibility index (Phi) is 6.62. The number of anilines is 1. The Morgan fingerprint density at radius 3 is 2.60 bits per heavy atom. The zero-order valence-corrected chi connectivity index (χ0v) is 20.7. The van der Waals surface area contributed by atoms with Crippen LogP contribution in [-0.4, -0.2) is 49.6 Å². The van der Waals surface area contributed by atoms with Gasteiger partial charge in [0.1, 0.15) is 11.9 Å². The normalized spacial score (nSPS) is 19.2. The maximum absolute atomic E-state index is 9.63. The van der Waals surface area contributed by atoms with Crippen molar-refractivity contribution in [2.75, 3.05) is 24.5 Å². The Morgan fingerprint density at radius 1 is 1.09 bits per heavy atom. The molecular formula is C24H24Cl2N8O. The van der Waals surface area contributed by atoms with Crippen molar-refractivity contribution >= 4 is 35.1 Å². The van der Waals surface area contributed by atoms with Gasteiger partial charge in [-0.2, -0.15) is 19.3 Å². The second-order valence-corrected chi connectivity index (χ2v) is 9.42. The molecule has 6 heterocycles. The van der Waals surface area contributed by atoms with Crippen LogP contribution in [0.1, 0.15) is 24.8 Å². The molecule has 2 aliphatic heterocycles. The van der Waals surface area contributed by atoms with E-state index in [2.05, 4.69) is 72.3 Å². The number of aromatic nitrogens is 5. The number of hydrogen-bond donors (Lipinski definition) is 1. The molecule has 11 heteroatoms. The van der Waals surface area contributed by atoms with Crippen molar-refractivity contribution in [1.29, 1.82) is 5.26 Å². The number of rotatable bonds is 3. The molecule has 2 fully saturated rings. The molecule has 0 bridgehead atoms. The van der Waals surface area contributed by atoms with E-state index in [-0.39, 0.29) is 5.54 Å². The summed E-state index contributed by atoms with van der Waals surface area (Å²) in [6, 6.07) is 8.57. The summed E-state index contributed by atoms with van der Waals surface area (Å²) >= 11 is 8.53. The third kappa shape index (κ3) is 4.58. The molecule has 1 unspecified atom stereocenters. The van der Waals surface area contributed by atoms with Crippen LogP contribution in [0.15, 0.2) is 49.2 Å². The highest BCUT2D eigenvalue weighted by molar-refractivity contribution is 6.24. The van der Waals surface area contributed by atoms with Gasteiger partial charge in [0.15, 0.2) is 0 Å². The van der Waals surface area contributed by atoms with Crippen LogP contribution in [0.4, 0.5) is 5.82 Å². The number of aryl methyl sites for hydroxylation is 1. The molecule has 2 aliphatic rings. The topological polar surface area (TPSA) is 96.3 Å². The second kappa shape index (κ2) is 9.84. The van der Waals surface area contributed by atoms with Gasteiger partial charge in [0, 0.05) is 66.5 Å². The minimum atomic E-state index is 0.268. The highest BCUT2D eigenvalue weighted by Crippen LogP contribution is 2.35. The molecule has 2 saturated heterocycles. The van der Waals surface area contributed by atoms with Crippen molar-refractivity contribution in [3.8, 4) is 28.3 Å². The number of nitrogens with zero attached hydrogens (tertiary/aromatic N) is 7. The van der Waals surface area contributed by atoms with E-state index in [9.17, 15) is 5.26 Å². The summed E-state index contributed by atoms with van der Waals surface area (Å²) in [4.78, 5) is 7.19. The van der Waals surface area contributed by atoms with Gasteiger partial charge in [-0.3, -0.25) is 4.68 Å². The Bertz CT molecular complexity index is 1370. The molecule has 0 amide bonds. The van der Waals surface area contributed by atoms with Crippen LogP contribution in [0.25, 0.3) is 27.8 Å². The number of pyridine rings is 2. The third-order valence-electron chi connectivity index (χ3n) is 6.84. The average molecular weight is 511 g/mol. The molecule has 0 radical (unpaired) electrons. The summed E-state index contributed by atoms with van der Waals surface area (Å²) in [7, 11) is 1.90. The molecule has 35 heavy (non-hydrogen) atoms. The van der Waals surface area contributed by atoms with Crippen LogP contribution < -0.4 is 10.2 Å². The molecule has 9 nitrogen and oxygen atoms in total. The number of nitrogens with one attached hydrogen (secondary N) is 1. The van der Waals surface area contributed by atoms with Gasteiger partial charge >= 0.3 is 0 Å². The van der Waals surface area contributed by atoms with E-state index >= 15 is 0 Å². The fraction of sp³-hybridized carbons (Fsp3) is 0.333. The number of fused-ring (bicyclic) bond motifs is 1. The van der Waals surface area contributed by atoms with E-state index in [1.807, 2.05) is 31.8 Å². The lowest BCUT2D eigenvalue weighted by atomic mass is 9.97. The molecule has 4 aromatic heterocycles. The SMILES string of the molecule is ClOCl.Cn1cc(-c2cc(-c3ccc(N4CCC5(CCCN5)C4)nc3)c3c(C#N)cnn3c2)cn1. The van der Waals surface area contributed by atoms with Crippen molar-refractivity contribution in [1.82, 2.24) is 29.7 Å². The zero-order chi connectivity index (χ0) is 24.4. The van der Waals surface area contributed by atoms with Crippen molar-refractivity contribution < 1.29 is 3.84 Å². The summed E-state index contributed by atoms with van der Waals surface area (Å²) in [5, 5.41) is 22.1. The van der Waals surface area contributed by atoms with Crippen molar-refractivity contribution in [2.45, 2.75) is 24.8 Å². The minimum Gasteiger partial charge on any atom is -0.355 e. The summed E-state index contributed by atoms with van der Waals surface area (Å²) in [5.41, 5.74) is 5.51. The first-order valence-corrected chi connectivity index (χ1v) is 11.9. The number of halogens is 2. The Labute approximate surface area is 213 Å². The van der Waals surface area contributed by atoms with Crippen LogP contribution in [-0.2, 0) is 10.9 Å². The second-order valence-electron chi connectivity index (χ2n) is 8.95. The van der Waals surface area contributed by atoms with Crippen molar-refractivity contribution in [2.24, 2.45) is 7.05 Å². The maximum atomic E-state index is 9.63. The lowest BCUT2D eigenvalue weighted by Gasteiger charge is -2.24. The van der Waals surface area contributed by atoms with E-state index in [0.717, 1.165) is 53.2 Å². The van der Waals surface area contributed by atoms with E-state index in [0.29, 0.717) is 5.56 Å². The molecular weight excluding hydrogens is 487 g/mol. The molecule has 4 aromatic rings. The maximum Gasteiger partial charge on any atom is 0.128 e. The largest absolute Gasteiger partial charge is 0.355 e. The van der Waals surface area contributed by atoms with Gasteiger partial charge in [-0.25, -0.2) is 9.50 Å². The predicted octanol–water partition coefficient (Wildman–Crippen LogP) is 4.31. The highest BCUT2D eigenvalue weighted by atomic mass is 35.6. The van der Waals surface area contributed by atoms with Gasteiger partial charge in [0.05, 0.1) is 47.2 Å². The summed E-state index contributed by atoms with van der Waals surface area (Å²) in [6.45, 7) is 3.17. The van der Waals surface area contributed by atoms with Gasteiger partial charge in [-0.1, -0.05) is 0 Å². The minimum absolute atomic E-state index is 0.268. The quantitative estimate of drug-likeness (QED) is 0.438. The zero-order valence-electron chi connectivity index (χ0n) is 19.2. The van der Waals surface area contributed by atoms with Gasteiger partial charge in [0.25, 0.3) is 0 Å². The van der Waals surface area contributed by atoms with Gasteiger partial charge in [-0.15, -0.1) is 0 Å². The predicted molar refractivity (Wildman–Crippen MR) is 135 cm³/mol. The van der Waals surface area contributed by atoms with Gasteiger partial charge in [-0.05, 0) is 44.0 Å². The van der Waals surface area contributed by atoms with Crippen molar-refractivity contribution in [3.05, 3.63) is 54.7 Å². The lowest BCUT2D eigenvalue weighted by molar-refractivity contribution is 0.418. The van der Waals surface area contributed by atoms with E-state index in [4.69, 9.17) is 4.98 Å². The monoisotopic (exact) mass is 510 g/mol. The molecule has 180 valence electrons.